The van der Waals surface area contributed by atoms with E-state index in [4.69, 9.17) is 4.74 Å². The van der Waals surface area contributed by atoms with E-state index < -0.39 is 11.4 Å². The molecule has 0 saturated carbocycles. The van der Waals surface area contributed by atoms with Crippen LogP contribution < -0.4 is 0 Å². The predicted molar refractivity (Wildman–Crippen MR) is 74.2 cm³/mol. The highest BCUT2D eigenvalue weighted by Gasteiger charge is 2.46. The zero-order chi connectivity index (χ0) is 15.1. The molecule has 5 atom stereocenters. The third kappa shape index (κ3) is 2.55. The standard InChI is InChI=1S/C15H25NO4/c1-9-10(2)20-11(3)12(9)13(17)16-7-5-6-15(4,8-16)14(18)19/h9-12H,5-8H2,1-4H3,(H,18,19). The third-order valence-electron chi connectivity index (χ3n) is 5.05. The van der Waals surface area contributed by atoms with Gasteiger partial charge in [-0.3, -0.25) is 9.59 Å². The molecule has 0 aromatic heterocycles. The van der Waals surface area contributed by atoms with E-state index in [0.29, 0.717) is 19.5 Å². The molecule has 0 bridgehead atoms. The van der Waals surface area contributed by atoms with Crippen molar-refractivity contribution in [3.05, 3.63) is 0 Å². The molecule has 5 nitrogen and oxygen atoms in total. The van der Waals surface area contributed by atoms with Gasteiger partial charge in [-0.1, -0.05) is 6.92 Å². The van der Waals surface area contributed by atoms with Crippen molar-refractivity contribution in [2.24, 2.45) is 17.3 Å². The summed E-state index contributed by atoms with van der Waals surface area (Å²) >= 11 is 0. The van der Waals surface area contributed by atoms with Crippen LogP contribution >= 0.6 is 0 Å². The van der Waals surface area contributed by atoms with E-state index in [1.807, 2.05) is 20.8 Å². The minimum absolute atomic E-state index is 0.0570. The molecule has 2 saturated heterocycles. The molecule has 0 aliphatic carbocycles. The maximum Gasteiger partial charge on any atom is 0.311 e. The highest BCUT2D eigenvalue weighted by molar-refractivity contribution is 5.82. The smallest absolute Gasteiger partial charge is 0.311 e. The molecular weight excluding hydrogens is 258 g/mol. The van der Waals surface area contributed by atoms with Gasteiger partial charge in [0.25, 0.3) is 0 Å². The topological polar surface area (TPSA) is 66.8 Å². The fraction of sp³-hybridized carbons (Fsp3) is 0.867. The number of carboxylic acids is 1. The Morgan fingerprint density at radius 2 is 1.90 bits per heavy atom. The van der Waals surface area contributed by atoms with Crippen molar-refractivity contribution in [1.29, 1.82) is 0 Å². The first-order chi connectivity index (χ1) is 9.26. The van der Waals surface area contributed by atoms with E-state index in [1.54, 1.807) is 11.8 Å². The summed E-state index contributed by atoms with van der Waals surface area (Å²) in [5.41, 5.74) is -0.814. The zero-order valence-corrected chi connectivity index (χ0v) is 12.8. The van der Waals surface area contributed by atoms with Gasteiger partial charge >= 0.3 is 5.97 Å². The van der Waals surface area contributed by atoms with Gasteiger partial charge in [0.15, 0.2) is 0 Å². The van der Waals surface area contributed by atoms with Gasteiger partial charge in [0, 0.05) is 13.1 Å². The maximum atomic E-state index is 12.7. The summed E-state index contributed by atoms with van der Waals surface area (Å²) < 4.78 is 5.73. The van der Waals surface area contributed by atoms with Gasteiger partial charge in [0.1, 0.15) is 0 Å². The van der Waals surface area contributed by atoms with Gasteiger partial charge in [0.05, 0.1) is 23.5 Å². The predicted octanol–water partition coefficient (Wildman–Crippen LogP) is 1.76. The van der Waals surface area contributed by atoms with E-state index in [9.17, 15) is 14.7 Å². The minimum atomic E-state index is -0.814. The molecule has 0 spiro atoms. The largest absolute Gasteiger partial charge is 0.481 e. The monoisotopic (exact) mass is 283 g/mol. The molecule has 5 heteroatoms. The summed E-state index contributed by atoms with van der Waals surface area (Å²) in [5.74, 6) is -0.731. The Kier molecular flexibility index (Phi) is 4.09. The number of amides is 1. The second-order valence-electron chi connectivity index (χ2n) is 6.66. The molecule has 2 aliphatic rings. The van der Waals surface area contributed by atoms with Crippen LogP contribution in [0.4, 0.5) is 0 Å². The van der Waals surface area contributed by atoms with E-state index in [0.717, 1.165) is 6.42 Å². The third-order valence-corrected chi connectivity index (χ3v) is 5.05. The molecule has 2 rings (SSSR count). The summed E-state index contributed by atoms with van der Waals surface area (Å²) in [6.45, 7) is 8.67. The molecule has 20 heavy (non-hydrogen) atoms. The van der Waals surface area contributed by atoms with Crippen LogP contribution in [-0.4, -0.2) is 47.2 Å². The average Bonchev–Trinajstić information content (AvgIpc) is 2.62. The van der Waals surface area contributed by atoms with E-state index in [-0.39, 0.29) is 30.0 Å². The van der Waals surface area contributed by atoms with Crippen molar-refractivity contribution < 1.29 is 19.4 Å². The molecule has 0 radical (unpaired) electrons. The second kappa shape index (κ2) is 5.35. The Bertz CT molecular complexity index is 411. The Morgan fingerprint density at radius 3 is 2.40 bits per heavy atom. The summed E-state index contributed by atoms with van der Waals surface area (Å²) in [7, 11) is 0. The SMILES string of the molecule is CC1OC(C)C(C(=O)N2CCCC(C)(C(=O)O)C2)C1C. The van der Waals surface area contributed by atoms with Crippen LogP contribution in [0.3, 0.4) is 0 Å². The lowest BCUT2D eigenvalue weighted by atomic mass is 9.80. The number of carboxylic acid groups (broad SMARTS) is 1. The zero-order valence-electron chi connectivity index (χ0n) is 12.8. The van der Waals surface area contributed by atoms with E-state index in [2.05, 4.69) is 0 Å². The van der Waals surface area contributed by atoms with Gasteiger partial charge < -0.3 is 14.7 Å². The average molecular weight is 283 g/mol. The lowest BCUT2D eigenvalue weighted by Crippen LogP contribution is -2.51. The van der Waals surface area contributed by atoms with Gasteiger partial charge in [-0.15, -0.1) is 0 Å². The number of hydrogen-bond donors (Lipinski definition) is 1. The number of rotatable bonds is 2. The molecule has 0 aromatic carbocycles. The van der Waals surface area contributed by atoms with Crippen LogP contribution in [0, 0.1) is 17.3 Å². The van der Waals surface area contributed by atoms with Gasteiger partial charge in [-0.05, 0) is 39.5 Å². The molecule has 5 unspecified atom stereocenters. The molecule has 1 amide bonds. The Hall–Kier alpha value is -1.10. The molecule has 2 fully saturated rings. The Labute approximate surface area is 120 Å². The number of likely N-dealkylation sites (tertiary alicyclic amines) is 1. The number of ether oxygens (including phenoxy) is 1. The first-order valence-corrected chi connectivity index (χ1v) is 7.44. The highest BCUT2D eigenvalue weighted by atomic mass is 16.5. The number of carbonyl (C=O) groups is 2. The van der Waals surface area contributed by atoms with Gasteiger partial charge in [0.2, 0.25) is 5.91 Å². The van der Waals surface area contributed by atoms with E-state index in [1.165, 1.54) is 0 Å². The van der Waals surface area contributed by atoms with Crippen molar-refractivity contribution in [3.63, 3.8) is 0 Å². The number of aliphatic carboxylic acids is 1. The fourth-order valence-corrected chi connectivity index (χ4v) is 3.51. The van der Waals surface area contributed by atoms with Gasteiger partial charge in [-0.2, -0.15) is 0 Å². The summed E-state index contributed by atoms with van der Waals surface area (Å²) in [5, 5.41) is 9.35. The molecule has 0 aromatic rings. The van der Waals surface area contributed by atoms with Crippen LogP contribution in [0.2, 0.25) is 0 Å². The van der Waals surface area contributed by atoms with Crippen molar-refractivity contribution in [1.82, 2.24) is 4.90 Å². The fourth-order valence-electron chi connectivity index (χ4n) is 3.51. The van der Waals surface area contributed by atoms with E-state index >= 15 is 0 Å². The lowest BCUT2D eigenvalue weighted by molar-refractivity contribution is -0.155. The number of carbonyl (C=O) groups excluding carboxylic acids is 1. The van der Waals surface area contributed by atoms with Crippen molar-refractivity contribution >= 4 is 11.9 Å². The first kappa shape index (κ1) is 15.3. The van der Waals surface area contributed by atoms with Crippen LogP contribution in [-0.2, 0) is 14.3 Å². The molecule has 2 heterocycles. The van der Waals surface area contributed by atoms with Crippen molar-refractivity contribution in [2.45, 2.75) is 52.7 Å². The molecule has 1 N–H and O–H groups in total. The number of piperidine rings is 1. The first-order valence-electron chi connectivity index (χ1n) is 7.44. The van der Waals surface area contributed by atoms with Crippen molar-refractivity contribution in [3.8, 4) is 0 Å². The summed E-state index contributed by atoms with van der Waals surface area (Å²) in [6.07, 6.45) is 1.37. The minimum Gasteiger partial charge on any atom is -0.481 e. The van der Waals surface area contributed by atoms with Crippen LogP contribution in [0.25, 0.3) is 0 Å². The normalized spacial score (nSPS) is 41.7. The second-order valence-corrected chi connectivity index (χ2v) is 6.66. The molecule has 2 aliphatic heterocycles. The Balaban J connectivity index is 2.11. The Morgan fingerprint density at radius 1 is 1.25 bits per heavy atom. The van der Waals surface area contributed by atoms with Crippen LogP contribution in [0.5, 0.6) is 0 Å². The quantitative estimate of drug-likeness (QED) is 0.838. The molecular formula is C15H25NO4. The maximum absolute atomic E-state index is 12.7. The number of hydrogen-bond acceptors (Lipinski definition) is 3. The van der Waals surface area contributed by atoms with Crippen LogP contribution in [0.15, 0.2) is 0 Å². The highest BCUT2D eigenvalue weighted by Crippen LogP contribution is 2.36. The van der Waals surface area contributed by atoms with Crippen molar-refractivity contribution in [2.75, 3.05) is 13.1 Å². The summed E-state index contributed by atoms with van der Waals surface area (Å²) in [6, 6.07) is 0. The summed E-state index contributed by atoms with van der Waals surface area (Å²) in [4.78, 5) is 25.8. The van der Waals surface area contributed by atoms with Gasteiger partial charge in [-0.25, -0.2) is 0 Å². The lowest BCUT2D eigenvalue weighted by Gasteiger charge is -2.39. The van der Waals surface area contributed by atoms with Crippen LogP contribution in [0.1, 0.15) is 40.5 Å². The number of nitrogens with zero attached hydrogens (tertiary/aromatic N) is 1. The molecule has 114 valence electrons.